The topological polar surface area (TPSA) is 50.9 Å². The van der Waals surface area contributed by atoms with Gasteiger partial charge >= 0.3 is 0 Å². The molecular formula is C17H22ClN3O. The SMILES string of the molecule is CC1(C)CCC(O)(Cn2cncn2)C1Cc1ccc(Cl)cc1. The Morgan fingerprint density at radius 3 is 2.64 bits per heavy atom. The summed E-state index contributed by atoms with van der Waals surface area (Å²) in [6, 6.07) is 7.92. The standard InChI is InChI=1S/C17H22ClN3O/c1-16(2)7-8-17(22,10-21-12-19-11-20-21)15(16)9-13-3-5-14(18)6-4-13/h3-6,11-12,15,22H,7-10H2,1-2H3. The van der Waals surface area contributed by atoms with Crippen molar-refractivity contribution in [2.45, 2.75) is 45.3 Å². The number of hydrogen-bond acceptors (Lipinski definition) is 3. The van der Waals surface area contributed by atoms with Gasteiger partial charge in [0.2, 0.25) is 0 Å². The monoisotopic (exact) mass is 319 g/mol. The van der Waals surface area contributed by atoms with E-state index in [2.05, 4.69) is 23.9 Å². The molecule has 0 amide bonds. The maximum Gasteiger partial charge on any atom is 0.137 e. The van der Waals surface area contributed by atoms with Crippen molar-refractivity contribution in [2.24, 2.45) is 11.3 Å². The number of aliphatic hydroxyl groups is 1. The van der Waals surface area contributed by atoms with Crippen molar-refractivity contribution in [3.63, 3.8) is 0 Å². The van der Waals surface area contributed by atoms with Crippen LogP contribution < -0.4 is 0 Å². The minimum atomic E-state index is -0.753. The summed E-state index contributed by atoms with van der Waals surface area (Å²) in [5, 5.41) is 16.2. The lowest BCUT2D eigenvalue weighted by Crippen LogP contribution is -2.43. The normalized spacial score (nSPS) is 27.2. The van der Waals surface area contributed by atoms with Crippen molar-refractivity contribution < 1.29 is 5.11 Å². The third kappa shape index (κ3) is 3.03. The molecule has 4 nitrogen and oxygen atoms in total. The van der Waals surface area contributed by atoms with E-state index in [9.17, 15) is 5.11 Å². The summed E-state index contributed by atoms with van der Waals surface area (Å²) in [7, 11) is 0. The lowest BCUT2D eigenvalue weighted by Gasteiger charge is -2.36. The van der Waals surface area contributed by atoms with E-state index in [1.54, 1.807) is 11.0 Å². The Hall–Kier alpha value is -1.39. The van der Waals surface area contributed by atoms with Gasteiger partial charge in [0, 0.05) is 5.02 Å². The summed E-state index contributed by atoms with van der Waals surface area (Å²) in [5.74, 6) is 0.172. The molecule has 0 radical (unpaired) electrons. The van der Waals surface area contributed by atoms with E-state index >= 15 is 0 Å². The molecular weight excluding hydrogens is 298 g/mol. The van der Waals surface area contributed by atoms with Gasteiger partial charge in [-0.2, -0.15) is 5.10 Å². The molecule has 1 fully saturated rings. The van der Waals surface area contributed by atoms with Gasteiger partial charge in [0.1, 0.15) is 12.7 Å². The lowest BCUT2D eigenvalue weighted by molar-refractivity contribution is -0.0373. The molecule has 0 spiro atoms. The predicted octanol–water partition coefficient (Wildman–Crippen LogP) is 3.34. The number of aromatic nitrogens is 3. The Balaban J connectivity index is 1.84. The first-order valence-corrected chi connectivity index (χ1v) is 8.06. The van der Waals surface area contributed by atoms with E-state index < -0.39 is 5.60 Å². The number of rotatable bonds is 4. The van der Waals surface area contributed by atoms with Crippen LogP contribution in [-0.4, -0.2) is 25.5 Å². The van der Waals surface area contributed by atoms with Crippen LogP contribution in [0.1, 0.15) is 32.3 Å². The molecule has 2 aromatic rings. The van der Waals surface area contributed by atoms with Crippen LogP contribution in [0.25, 0.3) is 0 Å². The van der Waals surface area contributed by atoms with E-state index in [1.807, 2.05) is 24.3 Å². The lowest BCUT2D eigenvalue weighted by atomic mass is 9.73. The minimum absolute atomic E-state index is 0.0922. The predicted molar refractivity (Wildman–Crippen MR) is 86.6 cm³/mol. The van der Waals surface area contributed by atoms with Crippen LogP contribution in [0.15, 0.2) is 36.9 Å². The average molecular weight is 320 g/mol. The van der Waals surface area contributed by atoms with Gasteiger partial charge in [-0.15, -0.1) is 0 Å². The molecule has 1 aromatic carbocycles. The smallest absolute Gasteiger partial charge is 0.137 e. The molecule has 2 atom stereocenters. The van der Waals surface area contributed by atoms with Crippen molar-refractivity contribution in [3.05, 3.63) is 47.5 Å². The second-order valence-electron chi connectivity index (χ2n) is 7.07. The van der Waals surface area contributed by atoms with Crippen LogP contribution in [-0.2, 0) is 13.0 Å². The number of hydrogen-bond donors (Lipinski definition) is 1. The summed E-state index contributed by atoms with van der Waals surface area (Å²) in [6.07, 6.45) is 5.82. The van der Waals surface area contributed by atoms with Gasteiger partial charge in [0.05, 0.1) is 12.1 Å². The van der Waals surface area contributed by atoms with Crippen LogP contribution in [0.3, 0.4) is 0 Å². The second-order valence-corrected chi connectivity index (χ2v) is 7.50. The summed E-state index contributed by atoms with van der Waals surface area (Å²) in [4.78, 5) is 3.98. The highest BCUT2D eigenvalue weighted by Crippen LogP contribution is 2.51. The van der Waals surface area contributed by atoms with Crippen molar-refractivity contribution in [1.29, 1.82) is 0 Å². The summed E-state index contributed by atoms with van der Waals surface area (Å²) < 4.78 is 1.73. The molecule has 0 aliphatic heterocycles. The van der Waals surface area contributed by atoms with Crippen molar-refractivity contribution in [3.8, 4) is 0 Å². The highest BCUT2D eigenvalue weighted by molar-refractivity contribution is 6.30. The molecule has 2 unspecified atom stereocenters. The van der Waals surface area contributed by atoms with Gasteiger partial charge in [-0.3, -0.25) is 4.68 Å². The van der Waals surface area contributed by atoms with Crippen molar-refractivity contribution in [1.82, 2.24) is 14.8 Å². The highest BCUT2D eigenvalue weighted by atomic mass is 35.5. The van der Waals surface area contributed by atoms with Gasteiger partial charge in [-0.25, -0.2) is 4.98 Å². The molecule has 0 bridgehead atoms. The average Bonchev–Trinajstić information content (AvgIpc) is 3.04. The zero-order chi connectivity index (χ0) is 15.8. The largest absolute Gasteiger partial charge is 0.388 e. The number of benzene rings is 1. The van der Waals surface area contributed by atoms with Crippen LogP contribution in [0.4, 0.5) is 0 Å². The van der Waals surface area contributed by atoms with E-state index in [0.717, 1.165) is 24.3 Å². The van der Waals surface area contributed by atoms with Gasteiger partial charge in [0.15, 0.2) is 0 Å². The molecule has 0 saturated heterocycles. The number of halogens is 1. The van der Waals surface area contributed by atoms with E-state index in [-0.39, 0.29) is 11.3 Å². The van der Waals surface area contributed by atoms with Gasteiger partial charge < -0.3 is 5.11 Å². The van der Waals surface area contributed by atoms with E-state index in [0.29, 0.717) is 6.54 Å². The molecule has 1 saturated carbocycles. The molecule has 118 valence electrons. The van der Waals surface area contributed by atoms with Crippen LogP contribution in [0, 0.1) is 11.3 Å². The Bertz CT molecular complexity index is 624. The first-order valence-electron chi connectivity index (χ1n) is 7.68. The quantitative estimate of drug-likeness (QED) is 0.940. The molecule has 5 heteroatoms. The maximum atomic E-state index is 11.3. The fourth-order valence-electron chi connectivity index (χ4n) is 3.72. The molecule has 22 heavy (non-hydrogen) atoms. The Kier molecular flexibility index (Phi) is 4.00. The summed E-state index contributed by atoms with van der Waals surface area (Å²) >= 11 is 5.97. The fraction of sp³-hybridized carbons (Fsp3) is 0.529. The fourth-order valence-corrected chi connectivity index (χ4v) is 3.85. The molecule has 1 aliphatic rings. The highest BCUT2D eigenvalue weighted by Gasteiger charge is 2.51. The first-order chi connectivity index (χ1) is 10.4. The zero-order valence-electron chi connectivity index (χ0n) is 13.0. The van der Waals surface area contributed by atoms with Crippen molar-refractivity contribution in [2.75, 3.05) is 0 Å². The Labute approximate surface area is 136 Å². The van der Waals surface area contributed by atoms with Crippen molar-refractivity contribution >= 4 is 11.6 Å². The summed E-state index contributed by atoms with van der Waals surface area (Å²) in [5.41, 5.74) is 0.549. The van der Waals surface area contributed by atoms with E-state index in [1.165, 1.54) is 11.9 Å². The van der Waals surface area contributed by atoms with Gasteiger partial charge in [0.25, 0.3) is 0 Å². The third-order valence-corrected chi connectivity index (χ3v) is 5.30. The third-order valence-electron chi connectivity index (χ3n) is 5.05. The zero-order valence-corrected chi connectivity index (χ0v) is 13.8. The van der Waals surface area contributed by atoms with Gasteiger partial charge in [-0.1, -0.05) is 37.6 Å². The molecule has 1 aliphatic carbocycles. The maximum absolute atomic E-state index is 11.3. The molecule has 1 heterocycles. The number of nitrogens with zero attached hydrogens (tertiary/aromatic N) is 3. The molecule has 1 N–H and O–H groups in total. The second kappa shape index (κ2) is 5.67. The van der Waals surface area contributed by atoms with Crippen LogP contribution >= 0.6 is 11.6 Å². The minimum Gasteiger partial charge on any atom is -0.388 e. The first kappa shape index (κ1) is 15.5. The van der Waals surface area contributed by atoms with Crippen LogP contribution in [0.5, 0.6) is 0 Å². The Morgan fingerprint density at radius 2 is 2.00 bits per heavy atom. The Morgan fingerprint density at radius 1 is 1.27 bits per heavy atom. The summed E-state index contributed by atoms with van der Waals surface area (Å²) in [6.45, 7) is 4.98. The van der Waals surface area contributed by atoms with Gasteiger partial charge in [-0.05, 0) is 48.3 Å². The van der Waals surface area contributed by atoms with E-state index in [4.69, 9.17) is 11.6 Å². The molecule has 3 rings (SSSR count). The molecule has 1 aromatic heterocycles. The van der Waals surface area contributed by atoms with Crippen LogP contribution in [0.2, 0.25) is 5.02 Å².